The van der Waals surface area contributed by atoms with Gasteiger partial charge in [0.2, 0.25) is 0 Å². The first kappa shape index (κ1) is 13.9. The van der Waals surface area contributed by atoms with Crippen molar-refractivity contribution in [1.82, 2.24) is 0 Å². The van der Waals surface area contributed by atoms with Gasteiger partial charge in [-0.3, -0.25) is 0 Å². The lowest BCUT2D eigenvalue weighted by Gasteiger charge is -2.53. The van der Waals surface area contributed by atoms with Crippen molar-refractivity contribution in [3.05, 3.63) is 28.7 Å². The van der Waals surface area contributed by atoms with Crippen molar-refractivity contribution in [1.29, 1.82) is 0 Å². The van der Waals surface area contributed by atoms with Crippen LogP contribution in [0.15, 0.2) is 28.7 Å². The standard InChI is InChI=1S/C16H20Br2O/c17-12-5-7-13(8-6-12)19-15-11-14(18)16(15)9-3-1-2-4-10-16/h5-8,14-15H,1-4,9-11H2. The van der Waals surface area contributed by atoms with Gasteiger partial charge in [0.05, 0.1) is 0 Å². The predicted molar refractivity (Wildman–Crippen MR) is 86.0 cm³/mol. The molecule has 1 aromatic rings. The Morgan fingerprint density at radius 1 is 1.00 bits per heavy atom. The number of alkyl halides is 1. The van der Waals surface area contributed by atoms with Crippen LogP contribution in [0, 0.1) is 5.41 Å². The average molecular weight is 388 g/mol. The van der Waals surface area contributed by atoms with Gasteiger partial charge in [0, 0.05) is 14.7 Å². The van der Waals surface area contributed by atoms with Crippen molar-refractivity contribution in [2.45, 2.75) is 55.9 Å². The molecule has 2 saturated carbocycles. The Labute approximate surface area is 132 Å². The molecule has 0 aliphatic heterocycles. The second kappa shape index (κ2) is 5.77. The summed E-state index contributed by atoms with van der Waals surface area (Å²) in [6.07, 6.45) is 9.71. The van der Waals surface area contributed by atoms with E-state index in [-0.39, 0.29) is 0 Å². The van der Waals surface area contributed by atoms with Gasteiger partial charge >= 0.3 is 0 Å². The van der Waals surface area contributed by atoms with Gasteiger partial charge < -0.3 is 4.74 Å². The first-order valence-electron chi connectivity index (χ1n) is 7.27. The van der Waals surface area contributed by atoms with Gasteiger partial charge in [0.25, 0.3) is 0 Å². The molecule has 0 bridgehead atoms. The maximum Gasteiger partial charge on any atom is 0.119 e. The van der Waals surface area contributed by atoms with E-state index >= 15 is 0 Å². The van der Waals surface area contributed by atoms with Crippen molar-refractivity contribution in [2.24, 2.45) is 5.41 Å². The van der Waals surface area contributed by atoms with Gasteiger partial charge in [0.15, 0.2) is 0 Å². The average Bonchev–Trinajstić information content (AvgIpc) is 2.68. The maximum absolute atomic E-state index is 6.27. The van der Waals surface area contributed by atoms with E-state index in [9.17, 15) is 0 Å². The summed E-state index contributed by atoms with van der Waals surface area (Å²) in [6, 6.07) is 8.24. The summed E-state index contributed by atoms with van der Waals surface area (Å²) in [5.74, 6) is 1.01. The zero-order valence-electron chi connectivity index (χ0n) is 11.1. The molecule has 3 rings (SSSR count). The SMILES string of the molecule is Brc1ccc(OC2CC(Br)C23CCCCCC3)cc1. The quantitative estimate of drug-likeness (QED) is 0.591. The van der Waals surface area contributed by atoms with Gasteiger partial charge in [-0.25, -0.2) is 0 Å². The Morgan fingerprint density at radius 3 is 2.21 bits per heavy atom. The first-order valence-corrected chi connectivity index (χ1v) is 8.98. The lowest BCUT2D eigenvalue weighted by atomic mass is 9.61. The minimum absolute atomic E-state index is 0.392. The van der Waals surface area contributed by atoms with E-state index in [1.54, 1.807) is 0 Å². The Hall–Kier alpha value is -0.0200. The molecular weight excluding hydrogens is 368 g/mol. The van der Waals surface area contributed by atoms with Crippen LogP contribution in [-0.4, -0.2) is 10.9 Å². The summed E-state index contributed by atoms with van der Waals surface area (Å²) < 4.78 is 7.38. The summed E-state index contributed by atoms with van der Waals surface area (Å²) in [7, 11) is 0. The third-order valence-corrected chi connectivity index (χ3v) is 6.63. The zero-order chi connectivity index (χ0) is 13.3. The van der Waals surface area contributed by atoms with Crippen LogP contribution in [0.25, 0.3) is 0 Å². The molecule has 1 aromatic carbocycles. The third-order valence-electron chi connectivity index (χ3n) is 4.81. The van der Waals surface area contributed by atoms with Crippen LogP contribution in [0.4, 0.5) is 0 Å². The highest BCUT2D eigenvalue weighted by Crippen LogP contribution is 2.55. The van der Waals surface area contributed by atoms with Crippen molar-refractivity contribution in [3.63, 3.8) is 0 Å². The largest absolute Gasteiger partial charge is 0.490 e. The molecule has 2 atom stereocenters. The van der Waals surface area contributed by atoms with Crippen LogP contribution in [0.5, 0.6) is 5.75 Å². The van der Waals surface area contributed by atoms with Crippen molar-refractivity contribution in [3.8, 4) is 5.75 Å². The smallest absolute Gasteiger partial charge is 0.119 e. The van der Waals surface area contributed by atoms with E-state index in [4.69, 9.17) is 4.74 Å². The molecule has 3 heteroatoms. The molecule has 0 radical (unpaired) electrons. The van der Waals surface area contributed by atoms with E-state index in [0.29, 0.717) is 16.3 Å². The second-order valence-corrected chi connectivity index (χ2v) is 7.93. The van der Waals surface area contributed by atoms with Gasteiger partial charge in [-0.2, -0.15) is 0 Å². The van der Waals surface area contributed by atoms with Crippen LogP contribution >= 0.6 is 31.9 Å². The lowest BCUT2D eigenvalue weighted by Crippen LogP contribution is -2.56. The highest BCUT2D eigenvalue weighted by molar-refractivity contribution is 9.10. The topological polar surface area (TPSA) is 9.23 Å². The van der Waals surface area contributed by atoms with E-state index in [2.05, 4.69) is 56.1 Å². The molecule has 2 aliphatic rings. The summed E-state index contributed by atoms with van der Waals surface area (Å²) in [5.41, 5.74) is 0.392. The number of ether oxygens (including phenoxy) is 1. The van der Waals surface area contributed by atoms with Crippen LogP contribution in [-0.2, 0) is 0 Å². The molecule has 0 N–H and O–H groups in total. The van der Waals surface area contributed by atoms with E-state index in [1.165, 1.54) is 38.5 Å². The molecule has 0 amide bonds. The number of rotatable bonds is 2. The number of hydrogen-bond acceptors (Lipinski definition) is 1. The molecule has 1 nitrogen and oxygen atoms in total. The molecule has 1 spiro atoms. The summed E-state index contributed by atoms with van der Waals surface area (Å²) >= 11 is 7.36. The lowest BCUT2D eigenvalue weighted by molar-refractivity contribution is -0.0462. The molecule has 0 saturated heterocycles. The summed E-state index contributed by atoms with van der Waals surface area (Å²) in [5, 5.41) is 0. The van der Waals surface area contributed by atoms with Crippen molar-refractivity contribution < 1.29 is 4.74 Å². The first-order chi connectivity index (χ1) is 9.21. The normalized spacial score (nSPS) is 29.6. The van der Waals surface area contributed by atoms with Crippen molar-refractivity contribution in [2.75, 3.05) is 0 Å². The van der Waals surface area contributed by atoms with Gasteiger partial charge in [-0.05, 0) is 43.5 Å². The molecule has 2 unspecified atom stereocenters. The number of halogens is 2. The fraction of sp³-hybridized carbons (Fsp3) is 0.625. The molecule has 19 heavy (non-hydrogen) atoms. The Kier molecular flexibility index (Phi) is 4.23. The van der Waals surface area contributed by atoms with Crippen LogP contribution in [0.2, 0.25) is 0 Å². The predicted octanol–water partition coefficient (Wildman–Crippen LogP) is 5.70. The molecular formula is C16H20Br2O. The van der Waals surface area contributed by atoms with E-state index in [1.807, 2.05) is 0 Å². The van der Waals surface area contributed by atoms with Crippen LogP contribution in [0.3, 0.4) is 0 Å². The maximum atomic E-state index is 6.27. The Bertz CT molecular complexity index is 421. The van der Waals surface area contributed by atoms with Gasteiger partial charge in [-0.1, -0.05) is 57.5 Å². The fourth-order valence-corrected chi connectivity index (χ4v) is 4.92. The minimum atomic E-state index is 0.392. The minimum Gasteiger partial charge on any atom is -0.490 e. The fourth-order valence-electron chi connectivity index (χ4n) is 3.56. The Morgan fingerprint density at radius 2 is 1.63 bits per heavy atom. The molecule has 0 aromatic heterocycles. The molecule has 0 heterocycles. The third kappa shape index (κ3) is 2.73. The monoisotopic (exact) mass is 386 g/mol. The van der Waals surface area contributed by atoms with Gasteiger partial charge in [0.1, 0.15) is 11.9 Å². The molecule has 2 aliphatic carbocycles. The van der Waals surface area contributed by atoms with Crippen LogP contribution < -0.4 is 4.74 Å². The Balaban J connectivity index is 1.72. The van der Waals surface area contributed by atoms with Crippen LogP contribution in [0.1, 0.15) is 44.9 Å². The highest BCUT2D eigenvalue weighted by atomic mass is 79.9. The molecule has 104 valence electrons. The number of benzene rings is 1. The van der Waals surface area contributed by atoms with Gasteiger partial charge in [-0.15, -0.1) is 0 Å². The summed E-state index contributed by atoms with van der Waals surface area (Å²) in [4.78, 5) is 0.651. The molecule has 2 fully saturated rings. The number of hydrogen-bond donors (Lipinski definition) is 0. The van der Waals surface area contributed by atoms with E-state index < -0.39 is 0 Å². The zero-order valence-corrected chi connectivity index (χ0v) is 14.3. The second-order valence-electron chi connectivity index (χ2n) is 5.91. The van der Waals surface area contributed by atoms with Crippen molar-refractivity contribution >= 4 is 31.9 Å². The highest BCUT2D eigenvalue weighted by Gasteiger charge is 2.54. The summed E-state index contributed by atoms with van der Waals surface area (Å²) in [6.45, 7) is 0. The van der Waals surface area contributed by atoms with E-state index in [0.717, 1.165) is 16.6 Å².